The zero-order valence-electron chi connectivity index (χ0n) is 16.3. The van der Waals surface area contributed by atoms with E-state index in [4.69, 9.17) is 16.3 Å². The van der Waals surface area contributed by atoms with Gasteiger partial charge in [0.15, 0.2) is 4.80 Å². The summed E-state index contributed by atoms with van der Waals surface area (Å²) in [6, 6.07) is 10.1. The van der Waals surface area contributed by atoms with E-state index in [-0.39, 0.29) is 12.2 Å². The molecule has 1 aliphatic heterocycles. The normalized spacial score (nSPS) is 16.2. The van der Waals surface area contributed by atoms with Crippen molar-refractivity contribution in [1.82, 2.24) is 9.55 Å². The lowest BCUT2D eigenvalue weighted by Gasteiger charge is -2.24. The number of esters is 1. The second-order valence-electron chi connectivity index (χ2n) is 6.64. The molecule has 1 aromatic carbocycles. The summed E-state index contributed by atoms with van der Waals surface area (Å²) in [5.74, 6) is -0.486. The van der Waals surface area contributed by atoms with Crippen molar-refractivity contribution >= 4 is 35.0 Å². The van der Waals surface area contributed by atoms with Gasteiger partial charge in [-0.15, -0.1) is 0 Å². The van der Waals surface area contributed by atoms with E-state index < -0.39 is 12.0 Å². The van der Waals surface area contributed by atoms with E-state index in [9.17, 15) is 9.59 Å². The number of hydrogen-bond donors (Lipinski definition) is 0. The summed E-state index contributed by atoms with van der Waals surface area (Å²) < 4.78 is 7.34. The first-order valence-corrected chi connectivity index (χ1v) is 10.5. The summed E-state index contributed by atoms with van der Waals surface area (Å²) in [5, 5.41) is 0.570. The van der Waals surface area contributed by atoms with Crippen molar-refractivity contribution in [3.05, 3.63) is 95.9 Å². The van der Waals surface area contributed by atoms with Crippen LogP contribution in [0.15, 0.2) is 69.8 Å². The molecule has 3 heterocycles. The fourth-order valence-electron chi connectivity index (χ4n) is 3.36. The van der Waals surface area contributed by atoms with Gasteiger partial charge in [-0.25, -0.2) is 9.79 Å². The molecule has 1 unspecified atom stereocenters. The van der Waals surface area contributed by atoms with Gasteiger partial charge in [-0.1, -0.05) is 41.1 Å². The highest BCUT2D eigenvalue weighted by atomic mass is 35.5. The number of benzene rings is 1. The van der Waals surface area contributed by atoms with Crippen LogP contribution in [0.3, 0.4) is 0 Å². The zero-order chi connectivity index (χ0) is 21.3. The number of carbonyl (C=O) groups is 1. The molecule has 0 fully saturated rings. The van der Waals surface area contributed by atoms with Gasteiger partial charge >= 0.3 is 5.97 Å². The van der Waals surface area contributed by atoms with Gasteiger partial charge < -0.3 is 4.74 Å². The number of nitrogens with zero attached hydrogens (tertiary/aromatic N) is 3. The molecule has 4 rings (SSSR count). The molecule has 1 atom stereocenters. The van der Waals surface area contributed by atoms with Gasteiger partial charge in [-0.05, 0) is 49.2 Å². The largest absolute Gasteiger partial charge is 0.463 e. The maximum atomic E-state index is 13.4. The van der Waals surface area contributed by atoms with E-state index >= 15 is 0 Å². The van der Waals surface area contributed by atoms with Gasteiger partial charge in [0, 0.05) is 17.4 Å². The minimum atomic E-state index is -0.645. The molecule has 6 nitrogen and oxygen atoms in total. The Morgan fingerprint density at radius 2 is 2.07 bits per heavy atom. The van der Waals surface area contributed by atoms with E-state index in [0.717, 1.165) is 11.1 Å². The van der Waals surface area contributed by atoms with Crippen LogP contribution in [0.5, 0.6) is 0 Å². The molecule has 1 aliphatic rings. The van der Waals surface area contributed by atoms with Crippen molar-refractivity contribution in [2.24, 2.45) is 4.99 Å². The van der Waals surface area contributed by atoms with Gasteiger partial charge in [0.05, 0.1) is 28.5 Å². The molecule has 0 amide bonds. The van der Waals surface area contributed by atoms with E-state index in [0.29, 0.717) is 25.6 Å². The van der Waals surface area contributed by atoms with Crippen LogP contribution in [-0.2, 0) is 9.53 Å². The Hall–Kier alpha value is -3.03. The molecule has 30 heavy (non-hydrogen) atoms. The Labute approximate surface area is 181 Å². The minimum Gasteiger partial charge on any atom is -0.463 e. The average molecular weight is 440 g/mol. The first-order valence-electron chi connectivity index (χ1n) is 9.34. The number of fused-ring (bicyclic) bond motifs is 1. The van der Waals surface area contributed by atoms with Gasteiger partial charge in [-0.3, -0.25) is 14.3 Å². The third-order valence-electron chi connectivity index (χ3n) is 4.68. The topological polar surface area (TPSA) is 73.6 Å². The minimum absolute atomic E-state index is 0.225. The maximum absolute atomic E-state index is 13.4. The van der Waals surface area contributed by atoms with Crippen LogP contribution < -0.4 is 14.9 Å². The van der Waals surface area contributed by atoms with Crippen molar-refractivity contribution in [3.8, 4) is 0 Å². The number of aromatic nitrogens is 2. The molecule has 0 saturated heterocycles. The molecule has 152 valence electrons. The summed E-state index contributed by atoms with van der Waals surface area (Å²) in [7, 11) is 0. The lowest BCUT2D eigenvalue weighted by molar-refractivity contribution is -0.139. The number of hydrogen-bond acceptors (Lipinski definition) is 6. The van der Waals surface area contributed by atoms with Gasteiger partial charge in [0.1, 0.15) is 0 Å². The standard InChI is InChI=1S/C22H18ClN3O3S/c1-3-29-21(28)18-13(2)25-22-26(19(18)15-6-8-16(23)9-7-15)20(27)17(30-22)11-14-5-4-10-24-12-14/h4-12,19H,3H2,1-2H3/b17-11-. The number of thiazole rings is 1. The fraction of sp³-hybridized carbons (Fsp3) is 0.182. The number of allylic oxidation sites excluding steroid dienone is 1. The van der Waals surface area contributed by atoms with Crippen molar-refractivity contribution in [2.45, 2.75) is 19.9 Å². The number of carbonyl (C=O) groups excluding carboxylic acids is 1. The van der Waals surface area contributed by atoms with Gasteiger partial charge in [-0.2, -0.15) is 0 Å². The lowest BCUT2D eigenvalue weighted by Crippen LogP contribution is -2.39. The predicted molar refractivity (Wildman–Crippen MR) is 116 cm³/mol. The monoisotopic (exact) mass is 439 g/mol. The number of pyridine rings is 1. The highest BCUT2D eigenvalue weighted by molar-refractivity contribution is 7.07. The molecule has 0 N–H and O–H groups in total. The van der Waals surface area contributed by atoms with E-state index in [2.05, 4.69) is 9.98 Å². The van der Waals surface area contributed by atoms with Crippen LogP contribution in [0.4, 0.5) is 0 Å². The van der Waals surface area contributed by atoms with Crippen molar-refractivity contribution < 1.29 is 9.53 Å². The third-order valence-corrected chi connectivity index (χ3v) is 5.92. The Morgan fingerprint density at radius 3 is 2.73 bits per heavy atom. The quantitative estimate of drug-likeness (QED) is 0.586. The molecule has 3 aromatic rings. The molecule has 0 radical (unpaired) electrons. The number of ether oxygens (including phenoxy) is 1. The summed E-state index contributed by atoms with van der Waals surface area (Å²) in [6.07, 6.45) is 5.14. The highest BCUT2D eigenvalue weighted by Gasteiger charge is 2.33. The van der Waals surface area contributed by atoms with E-state index in [1.807, 2.05) is 24.3 Å². The molecular weight excluding hydrogens is 422 g/mol. The highest BCUT2D eigenvalue weighted by Crippen LogP contribution is 2.31. The molecule has 2 aromatic heterocycles. The van der Waals surface area contributed by atoms with Crippen molar-refractivity contribution in [3.63, 3.8) is 0 Å². The van der Waals surface area contributed by atoms with Crippen molar-refractivity contribution in [2.75, 3.05) is 6.61 Å². The predicted octanol–water partition coefficient (Wildman–Crippen LogP) is 2.85. The van der Waals surface area contributed by atoms with Crippen LogP contribution in [0.1, 0.15) is 31.0 Å². The van der Waals surface area contributed by atoms with Crippen LogP contribution in [0, 0.1) is 0 Å². The average Bonchev–Trinajstić information content (AvgIpc) is 3.03. The molecule has 0 aliphatic carbocycles. The molecule has 8 heteroatoms. The summed E-state index contributed by atoms with van der Waals surface area (Å²) >= 11 is 7.33. The molecule has 0 spiro atoms. The Kier molecular flexibility index (Phi) is 5.65. The van der Waals surface area contributed by atoms with Crippen LogP contribution in [0.2, 0.25) is 5.02 Å². The van der Waals surface area contributed by atoms with E-state index in [1.165, 1.54) is 11.3 Å². The van der Waals surface area contributed by atoms with Crippen LogP contribution >= 0.6 is 22.9 Å². The Bertz CT molecular complexity index is 1310. The summed E-state index contributed by atoms with van der Waals surface area (Å²) in [6.45, 7) is 3.73. The third kappa shape index (κ3) is 3.74. The number of rotatable bonds is 4. The second-order valence-corrected chi connectivity index (χ2v) is 8.09. The second kappa shape index (κ2) is 8.38. The van der Waals surface area contributed by atoms with E-state index in [1.54, 1.807) is 49.0 Å². The summed E-state index contributed by atoms with van der Waals surface area (Å²) in [4.78, 5) is 35.3. The Morgan fingerprint density at radius 1 is 1.30 bits per heavy atom. The first-order chi connectivity index (χ1) is 14.5. The number of halogens is 1. The van der Waals surface area contributed by atoms with Gasteiger partial charge in [0.2, 0.25) is 0 Å². The molecular formula is C22H18ClN3O3S. The smallest absolute Gasteiger partial charge is 0.338 e. The molecule has 0 bridgehead atoms. The Balaban J connectivity index is 1.96. The zero-order valence-corrected chi connectivity index (χ0v) is 17.9. The first kappa shape index (κ1) is 20.3. The van der Waals surface area contributed by atoms with Crippen molar-refractivity contribution in [1.29, 1.82) is 0 Å². The lowest BCUT2D eigenvalue weighted by atomic mass is 9.96. The van der Waals surface area contributed by atoms with Gasteiger partial charge in [0.25, 0.3) is 5.56 Å². The fourth-order valence-corrected chi connectivity index (χ4v) is 4.54. The van der Waals surface area contributed by atoms with Crippen LogP contribution in [0.25, 0.3) is 6.08 Å². The summed E-state index contributed by atoms with van der Waals surface area (Å²) in [5.41, 5.74) is 2.22. The molecule has 0 saturated carbocycles. The maximum Gasteiger partial charge on any atom is 0.338 e. The SMILES string of the molecule is CCOC(=O)C1=C(C)N=c2s/c(=C\c3cccnc3)c(=O)n2C1c1ccc(Cl)cc1. The van der Waals surface area contributed by atoms with Crippen LogP contribution in [-0.4, -0.2) is 22.1 Å².